The molecule has 1 aromatic rings. The van der Waals surface area contributed by atoms with Crippen molar-refractivity contribution in [2.24, 2.45) is 5.92 Å². The van der Waals surface area contributed by atoms with Gasteiger partial charge in [-0.05, 0) is 51.3 Å². The third kappa shape index (κ3) is 4.47. The standard InChI is InChI=1S/C18H27NO3/c1-4-21-15-8-9-16(18(11-15)22-5-2)17(20)13-19-10-6-7-14(3)12-19/h8-9,11,14H,4-7,10,12-13H2,1-3H3. The van der Waals surface area contributed by atoms with Gasteiger partial charge < -0.3 is 9.47 Å². The van der Waals surface area contributed by atoms with E-state index in [1.54, 1.807) is 0 Å². The van der Waals surface area contributed by atoms with Crippen LogP contribution < -0.4 is 9.47 Å². The van der Waals surface area contributed by atoms with E-state index in [9.17, 15) is 4.79 Å². The lowest BCUT2D eigenvalue weighted by atomic mass is 9.99. The van der Waals surface area contributed by atoms with Gasteiger partial charge in [0, 0.05) is 12.6 Å². The molecule has 0 radical (unpaired) electrons. The smallest absolute Gasteiger partial charge is 0.180 e. The zero-order chi connectivity index (χ0) is 15.9. The van der Waals surface area contributed by atoms with E-state index in [1.807, 2.05) is 32.0 Å². The summed E-state index contributed by atoms with van der Waals surface area (Å²) >= 11 is 0. The highest BCUT2D eigenvalue weighted by atomic mass is 16.5. The Morgan fingerprint density at radius 2 is 2.05 bits per heavy atom. The summed E-state index contributed by atoms with van der Waals surface area (Å²) in [4.78, 5) is 14.9. The van der Waals surface area contributed by atoms with E-state index in [2.05, 4.69) is 11.8 Å². The highest BCUT2D eigenvalue weighted by Gasteiger charge is 2.21. The molecule has 4 nitrogen and oxygen atoms in total. The van der Waals surface area contributed by atoms with E-state index in [4.69, 9.17) is 9.47 Å². The monoisotopic (exact) mass is 305 g/mol. The summed E-state index contributed by atoms with van der Waals surface area (Å²) in [6.07, 6.45) is 2.44. The third-order valence-electron chi connectivity index (χ3n) is 3.97. The zero-order valence-corrected chi connectivity index (χ0v) is 13.9. The molecule has 1 unspecified atom stereocenters. The summed E-state index contributed by atoms with van der Waals surface area (Å²) in [5.74, 6) is 2.17. The average Bonchev–Trinajstić information content (AvgIpc) is 2.48. The number of ether oxygens (including phenoxy) is 2. The number of hydrogen-bond acceptors (Lipinski definition) is 4. The summed E-state index contributed by atoms with van der Waals surface area (Å²) in [5.41, 5.74) is 0.656. The average molecular weight is 305 g/mol. The Hall–Kier alpha value is -1.55. The summed E-state index contributed by atoms with van der Waals surface area (Å²) < 4.78 is 11.1. The van der Waals surface area contributed by atoms with Crippen molar-refractivity contribution in [2.75, 3.05) is 32.8 Å². The third-order valence-corrected chi connectivity index (χ3v) is 3.97. The molecule has 0 spiro atoms. The molecular weight excluding hydrogens is 278 g/mol. The minimum Gasteiger partial charge on any atom is -0.494 e. The first-order chi connectivity index (χ1) is 10.6. The number of hydrogen-bond donors (Lipinski definition) is 0. The summed E-state index contributed by atoms with van der Waals surface area (Å²) in [6, 6.07) is 5.49. The molecule has 22 heavy (non-hydrogen) atoms. The van der Waals surface area contributed by atoms with Gasteiger partial charge in [-0.15, -0.1) is 0 Å². The van der Waals surface area contributed by atoms with Crippen molar-refractivity contribution in [3.8, 4) is 11.5 Å². The van der Waals surface area contributed by atoms with Crippen LogP contribution in [0.15, 0.2) is 18.2 Å². The Kier molecular flexibility index (Phi) is 6.25. The molecule has 1 aromatic carbocycles. The number of benzene rings is 1. The van der Waals surface area contributed by atoms with E-state index in [0.717, 1.165) is 18.8 Å². The van der Waals surface area contributed by atoms with Gasteiger partial charge in [0.25, 0.3) is 0 Å². The molecule has 4 heteroatoms. The molecule has 1 aliphatic rings. The number of rotatable bonds is 7. The lowest BCUT2D eigenvalue weighted by molar-refractivity contribution is 0.0889. The van der Waals surface area contributed by atoms with Crippen LogP contribution in [0.25, 0.3) is 0 Å². The summed E-state index contributed by atoms with van der Waals surface area (Å²) in [6.45, 7) is 9.74. The van der Waals surface area contributed by atoms with Crippen molar-refractivity contribution in [3.05, 3.63) is 23.8 Å². The molecular formula is C18H27NO3. The van der Waals surface area contributed by atoms with Gasteiger partial charge in [0.2, 0.25) is 0 Å². The fourth-order valence-electron chi connectivity index (χ4n) is 2.98. The van der Waals surface area contributed by atoms with Crippen LogP contribution in [0.1, 0.15) is 44.0 Å². The maximum Gasteiger partial charge on any atom is 0.180 e. The van der Waals surface area contributed by atoms with Crippen molar-refractivity contribution in [2.45, 2.75) is 33.6 Å². The van der Waals surface area contributed by atoms with E-state index in [-0.39, 0.29) is 5.78 Å². The van der Waals surface area contributed by atoms with Gasteiger partial charge in [0.05, 0.1) is 25.3 Å². The minimum atomic E-state index is 0.126. The number of nitrogens with zero attached hydrogens (tertiary/aromatic N) is 1. The van der Waals surface area contributed by atoms with Crippen molar-refractivity contribution in [1.82, 2.24) is 4.90 Å². The fraction of sp³-hybridized carbons (Fsp3) is 0.611. The molecule has 0 N–H and O–H groups in total. The van der Waals surface area contributed by atoms with Crippen LogP contribution in [0.3, 0.4) is 0 Å². The molecule has 122 valence electrons. The molecule has 1 saturated heterocycles. The van der Waals surface area contributed by atoms with E-state index >= 15 is 0 Å². The van der Waals surface area contributed by atoms with Crippen LogP contribution in [-0.4, -0.2) is 43.5 Å². The fourth-order valence-corrected chi connectivity index (χ4v) is 2.98. The van der Waals surface area contributed by atoms with E-state index < -0.39 is 0 Å². The Morgan fingerprint density at radius 3 is 2.73 bits per heavy atom. The molecule has 0 aliphatic carbocycles. The first-order valence-electron chi connectivity index (χ1n) is 8.29. The Bertz CT molecular complexity index is 501. The molecule has 0 saturated carbocycles. The lowest BCUT2D eigenvalue weighted by Gasteiger charge is -2.30. The Morgan fingerprint density at radius 1 is 1.27 bits per heavy atom. The SMILES string of the molecule is CCOc1ccc(C(=O)CN2CCCC(C)C2)c(OCC)c1. The number of Topliss-reactive ketones (excluding diaryl/α,β-unsaturated/α-hetero) is 1. The van der Waals surface area contributed by atoms with Gasteiger partial charge in [-0.3, -0.25) is 9.69 Å². The first kappa shape index (κ1) is 16.8. The Labute approximate surface area is 133 Å². The lowest BCUT2D eigenvalue weighted by Crippen LogP contribution is -2.38. The summed E-state index contributed by atoms with van der Waals surface area (Å²) in [7, 11) is 0. The second-order valence-electron chi connectivity index (χ2n) is 5.93. The second kappa shape index (κ2) is 8.18. The first-order valence-corrected chi connectivity index (χ1v) is 8.29. The highest BCUT2D eigenvalue weighted by Crippen LogP contribution is 2.26. The van der Waals surface area contributed by atoms with Crippen LogP contribution in [0, 0.1) is 5.92 Å². The second-order valence-corrected chi connectivity index (χ2v) is 5.93. The maximum atomic E-state index is 12.6. The van der Waals surface area contributed by atoms with Gasteiger partial charge in [-0.25, -0.2) is 0 Å². The van der Waals surface area contributed by atoms with Crippen LogP contribution in [0.2, 0.25) is 0 Å². The van der Waals surface area contributed by atoms with Gasteiger partial charge in [0.1, 0.15) is 11.5 Å². The molecule has 1 fully saturated rings. The van der Waals surface area contributed by atoms with Crippen molar-refractivity contribution in [1.29, 1.82) is 0 Å². The quantitative estimate of drug-likeness (QED) is 0.724. The van der Waals surface area contributed by atoms with Gasteiger partial charge >= 0.3 is 0 Å². The largest absolute Gasteiger partial charge is 0.494 e. The topological polar surface area (TPSA) is 38.8 Å². The zero-order valence-electron chi connectivity index (χ0n) is 13.9. The maximum absolute atomic E-state index is 12.6. The van der Waals surface area contributed by atoms with Gasteiger partial charge in [-0.2, -0.15) is 0 Å². The molecule has 0 amide bonds. The summed E-state index contributed by atoms with van der Waals surface area (Å²) in [5, 5.41) is 0. The predicted octanol–water partition coefficient (Wildman–Crippen LogP) is 3.40. The number of piperidine rings is 1. The van der Waals surface area contributed by atoms with Crippen LogP contribution in [0.4, 0.5) is 0 Å². The number of likely N-dealkylation sites (tertiary alicyclic amines) is 1. The predicted molar refractivity (Wildman–Crippen MR) is 87.9 cm³/mol. The Balaban J connectivity index is 2.10. The van der Waals surface area contributed by atoms with Gasteiger partial charge in [-0.1, -0.05) is 6.92 Å². The number of carbonyl (C=O) groups is 1. The van der Waals surface area contributed by atoms with Crippen LogP contribution >= 0.6 is 0 Å². The van der Waals surface area contributed by atoms with Crippen molar-refractivity contribution < 1.29 is 14.3 Å². The molecule has 0 aromatic heterocycles. The molecule has 1 aliphatic heterocycles. The van der Waals surface area contributed by atoms with Crippen LogP contribution in [-0.2, 0) is 0 Å². The normalized spacial score (nSPS) is 19.0. The molecule has 2 rings (SSSR count). The molecule has 1 heterocycles. The van der Waals surface area contributed by atoms with Crippen molar-refractivity contribution in [3.63, 3.8) is 0 Å². The van der Waals surface area contributed by atoms with Gasteiger partial charge in [0.15, 0.2) is 5.78 Å². The number of carbonyl (C=O) groups excluding carboxylic acids is 1. The molecule has 0 bridgehead atoms. The highest BCUT2D eigenvalue weighted by molar-refractivity contribution is 6.00. The van der Waals surface area contributed by atoms with E-state index in [0.29, 0.717) is 37.0 Å². The minimum absolute atomic E-state index is 0.126. The number of ketones is 1. The van der Waals surface area contributed by atoms with Crippen LogP contribution in [0.5, 0.6) is 11.5 Å². The van der Waals surface area contributed by atoms with E-state index in [1.165, 1.54) is 12.8 Å². The molecule has 1 atom stereocenters. The van der Waals surface area contributed by atoms with Crippen molar-refractivity contribution >= 4 is 5.78 Å².